The van der Waals surface area contributed by atoms with Crippen molar-refractivity contribution in [2.75, 3.05) is 18.8 Å². The minimum Gasteiger partial charge on any atom is -0.457 e. The highest BCUT2D eigenvalue weighted by Gasteiger charge is 2.49. The van der Waals surface area contributed by atoms with Gasteiger partial charge in [0.2, 0.25) is 0 Å². The van der Waals surface area contributed by atoms with Crippen molar-refractivity contribution in [1.82, 2.24) is 10.6 Å². The Morgan fingerprint density at radius 2 is 1.90 bits per heavy atom. The van der Waals surface area contributed by atoms with E-state index in [0.29, 0.717) is 50.9 Å². The van der Waals surface area contributed by atoms with Crippen LogP contribution in [0.15, 0.2) is 54.6 Å². The zero-order valence-electron chi connectivity index (χ0n) is 24.1. The summed E-state index contributed by atoms with van der Waals surface area (Å²) >= 11 is 1.27. The van der Waals surface area contributed by atoms with E-state index < -0.39 is 11.6 Å². The molecule has 3 aromatic carbocycles. The molecular weight excluding hydrogens is 546 g/mol. The van der Waals surface area contributed by atoms with E-state index in [1.54, 1.807) is 12.1 Å². The lowest BCUT2D eigenvalue weighted by atomic mass is 9.69. The molecule has 1 fully saturated rings. The van der Waals surface area contributed by atoms with Crippen LogP contribution in [0.25, 0.3) is 10.1 Å². The molecule has 6 rings (SSSR count). The van der Waals surface area contributed by atoms with E-state index >= 15 is 0 Å². The first-order chi connectivity index (χ1) is 20.1. The second kappa shape index (κ2) is 10.8. The van der Waals surface area contributed by atoms with Gasteiger partial charge in [0.25, 0.3) is 5.91 Å². The normalized spacial score (nSPS) is 22.0. The molecule has 218 valence electrons. The molecule has 2 heterocycles. The average Bonchev–Trinajstić information content (AvgIpc) is 3.38. The van der Waals surface area contributed by atoms with E-state index in [-0.39, 0.29) is 17.7 Å². The summed E-state index contributed by atoms with van der Waals surface area (Å²) in [6.45, 7) is 7.81. The SMILES string of the molecule is Cc1cc(Oc2ccccc2C(C)C)ccc1C1(N)C(=O)C(N)c2c(C(=O)NC3CCCNC3)sc3c(N)ccc1c23. The Labute approximate surface area is 249 Å². The van der Waals surface area contributed by atoms with Crippen molar-refractivity contribution >= 4 is 38.8 Å². The Kier molecular flexibility index (Phi) is 7.31. The van der Waals surface area contributed by atoms with Crippen molar-refractivity contribution in [3.8, 4) is 11.5 Å². The Bertz CT molecular complexity index is 1710. The van der Waals surface area contributed by atoms with E-state index in [1.807, 2.05) is 43.3 Å². The monoisotopic (exact) mass is 583 g/mol. The van der Waals surface area contributed by atoms with Crippen molar-refractivity contribution < 1.29 is 14.3 Å². The second-order valence-electron chi connectivity index (χ2n) is 11.7. The van der Waals surface area contributed by atoms with Gasteiger partial charge in [-0.15, -0.1) is 11.3 Å². The first-order valence-electron chi connectivity index (χ1n) is 14.4. The topological polar surface area (TPSA) is 145 Å². The van der Waals surface area contributed by atoms with E-state index in [2.05, 4.69) is 30.5 Å². The first-order valence-corrected chi connectivity index (χ1v) is 15.3. The number of ketones is 1. The molecule has 8 N–H and O–H groups in total. The van der Waals surface area contributed by atoms with Gasteiger partial charge in [-0.05, 0) is 78.7 Å². The fourth-order valence-corrected chi connectivity index (χ4v) is 7.58. The summed E-state index contributed by atoms with van der Waals surface area (Å²) in [7, 11) is 0. The molecule has 3 unspecified atom stereocenters. The summed E-state index contributed by atoms with van der Waals surface area (Å²) in [4.78, 5) is 28.1. The average molecular weight is 584 g/mol. The van der Waals surface area contributed by atoms with Gasteiger partial charge in [0.1, 0.15) is 17.0 Å². The number of aryl methyl sites for hydroxylation is 1. The summed E-state index contributed by atoms with van der Waals surface area (Å²) in [5, 5.41) is 7.14. The Morgan fingerprint density at radius 1 is 1.14 bits per heavy atom. The number of nitrogens with one attached hydrogen (secondary N) is 2. The van der Waals surface area contributed by atoms with Crippen molar-refractivity contribution in [2.24, 2.45) is 11.5 Å². The molecule has 1 saturated heterocycles. The molecule has 0 spiro atoms. The Balaban J connectivity index is 1.42. The molecular formula is C33H37N5O3S. The molecule has 0 radical (unpaired) electrons. The van der Waals surface area contributed by atoms with Crippen molar-refractivity contribution in [1.29, 1.82) is 0 Å². The number of carbonyl (C=O) groups excluding carboxylic acids is 2. The molecule has 42 heavy (non-hydrogen) atoms. The summed E-state index contributed by atoms with van der Waals surface area (Å²) in [5.41, 5.74) is 22.9. The summed E-state index contributed by atoms with van der Waals surface area (Å²) in [5.74, 6) is 1.13. The van der Waals surface area contributed by atoms with Gasteiger partial charge in [0, 0.05) is 29.2 Å². The van der Waals surface area contributed by atoms with Crippen LogP contribution in [0.3, 0.4) is 0 Å². The standard InChI is InChI=1S/C33H37N5O3S/c1-17(2)21-8-4-5-9-25(21)41-20-10-11-22(18(3)15-20)33(36)23-12-13-24(34)29-26(23)27(28(35)31(33)39)30(42-29)32(40)38-19-7-6-14-37-16-19/h4-5,8-13,15,17,19,28,37H,6-7,14,16,34-36H2,1-3H3,(H,38,40). The van der Waals surface area contributed by atoms with Crippen molar-refractivity contribution in [2.45, 2.75) is 57.2 Å². The number of hydrogen-bond acceptors (Lipinski definition) is 8. The van der Waals surface area contributed by atoms with E-state index in [4.69, 9.17) is 21.9 Å². The van der Waals surface area contributed by atoms with Gasteiger partial charge in [0.05, 0.1) is 15.6 Å². The van der Waals surface area contributed by atoms with Gasteiger partial charge >= 0.3 is 0 Å². The van der Waals surface area contributed by atoms with Gasteiger partial charge < -0.3 is 32.6 Å². The van der Waals surface area contributed by atoms with Gasteiger partial charge in [-0.25, -0.2) is 0 Å². The molecule has 1 amide bonds. The minimum atomic E-state index is -1.53. The number of rotatable bonds is 6. The number of nitrogens with two attached hydrogens (primary N) is 3. The van der Waals surface area contributed by atoms with Gasteiger partial charge in [-0.3, -0.25) is 9.59 Å². The van der Waals surface area contributed by atoms with Gasteiger partial charge in [-0.1, -0.05) is 44.2 Å². The number of para-hydroxylation sites is 1. The number of nitrogen functional groups attached to an aromatic ring is 1. The fourth-order valence-electron chi connectivity index (χ4n) is 6.37. The van der Waals surface area contributed by atoms with Crippen molar-refractivity contribution in [3.63, 3.8) is 0 Å². The lowest BCUT2D eigenvalue weighted by molar-refractivity contribution is -0.124. The molecule has 3 atom stereocenters. The van der Waals surface area contributed by atoms with Crippen LogP contribution in [-0.2, 0) is 10.3 Å². The number of amides is 1. The third-order valence-corrected chi connectivity index (χ3v) is 9.80. The summed E-state index contributed by atoms with van der Waals surface area (Å²) in [6.07, 6.45) is 1.88. The zero-order chi connectivity index (χ0) is 29.8. The summed E-state index contributed by atoms with van der Waals surface area (Å²) in [6, 6.07) is 16.0. The number of carbonyl (C=O) groups is 2. The number of piperidine rings is 1. The number of hydrogen-bond donors (Lipinski definition) is 5. The van der Waals surface area contributed by atoms with Crippen molar-refractivity contribution in [3.05, 3.63) is 87.3 Å². The highest BCUT2D eigenvalue weighted by Crippen LogP contribution is 2.50. The number of thiophene rings is 1. The Hall–Kier alpha value is -3.76. The van der Waals surface area contributed by atoms with Crippen LogP contribution in [0.5, 0.6) is 11.5 Å². The first kappa shape index (κ1) is 28.4. The van der Waals surface area contributed by atoms with E-state index in [0.717, 1.165) is 41.0 Å². The molecule has 1 aliphatic heterocycles. The van der Waals surface area contributed by atoms with Crippen LogP contribution < -0.4 is 32.6 Å². The number of anilines is 1. The maximum absolute atomic E-state index is 14.2. The summed E-state index contributed by atoms with van der Waals surface area (Å²) < 4.78 is 7.00. The number of Topliss-reactive ketones (excluding diaryl/α,β-unsaturated/α-hetero) is 1. The molecule has 0 bridgehead atoms. The predicted octanol–water partition coefficient (Wildman–Crippen LogP) is 4.97. The van der Waals surface area contributed by atoms with Gasteiger partial charge in [0.15, 0.2) is 5.78 Å². The number of benzene rings is 3. The van der Waals surface area contributed by atoms with Gasteiger partial charge in [-0.2, -0.15) is 0 Å². The molecule has 1 aliphatic carbocycles. The molecule has 4 aromatic rings. The quantitative estimate of drug-likeness (QED) is 0.201. The molecule has 9 heteroatoms. The third-order valence-electron chi connectivity index (χ3n) is 8.54. The van der Waals surface area contributed by atoms with E-state index in [1.165, 1.54) is 11.3 Å². The third kappa shape index (κ3) is 4.57. The molecule has 1 aromatic heterocycles. The van der Waals surface area contributed by atoms with Crippen LogP contribution >= 0.6 is 11.3 Å². The lowest BCUT2D eigenvalue weighted by Gasteiger charge is -2.37. The number of ether oxygens (including phenoxy) is 1. The molecule has 8 nitrogen and oxygen atoms in total. The highest BCUT2D eigenvalue weighted by atomic mass is 32.1. The minimum absolute atomic E-state index is 0.0143. The molecule has 0 saturated carbocycles. The lowest BCUT2D eigenvalue weighted by Crippen LogP contribution is -2.53. The van der Waals surface area contributed by atoms with Crippen LogP contribution in [0, 0.1) is 6.92 Å². The van der Waals surface area contributed by atoms with Crippen LogP contribution in [0.2, 0.25) is 0 Å². The largest absolute Gasteiger partial charge is 0.457 e. The molecule has 2 aliphatic rings. The maximum atomic E-state index is 14.2. The van der Waals surface area contributed by atoms with Crippen LogP contribution in [0.4, 0.5) is 5.69 Å². The zero-order valence-corrected chi connectivity index (χ0v) is 24.9. The van der Waals surface area contributed by atoms with E-state index in [9.17, 15) is 9.59 Å². The predicted molar refractivity (Wildman–Crippen MR) is 168 cm³/mol. The second-order valence-corrected chi connectivity index (χ2v) is 12.7. The fraction of sp³-hybridized carbons (Fsp3) is 0.333. The Morgan fingerprint density at radius 3 is 2.62 bits per heavy atom. The van der Waals surface area contributed by atoms with Crippen LogP contribution in [-0.4, -0.2) is 30.8 Å². The maximum Gasteiger partial charge on any atom is 0.262 e. The smallest absolute Gasteiger partial charge is 0.262 e. The highest BCUT2D eigenvalue weighted by molar-refractivity contribution is 7.21. The van der Waals surface area contributed by atoms with Crippen LogP contribution in [0.1, 0.15) is 76.1 Å².